The predicted octanol–water partition coefficient (Wildman–Crippen LogP) is 4.84. The first-order chi connectivity index (χ1) is 15.2. The van der Waals surface area contributed by atoms with Crippen LogP contribution in [0.25, 0.3) is 17.2 Å². The smallest absolute Gasteiger partial charge is 0.224 e. The monoisotopic (exact) mass is 429 g/mol. The highest BCUT2D eigenvalue weighted by molar-refractivity contribution is 7.98. The number of rotatable bonds is 7. The Morgan fingerprint density at radius 2 is 1.77 bits per heavy atom. The zero-order valence-corrected chi connectivity index (χ0v) is 17.3. The lowest BCUT2D eigenvalue weighted by Crippen LogP contribution is -2.02. The van der Waals surface area contributed by atoms with E-state index in [1.54, 1.807) is 30.2 Å². The zero-order chi connectivity index (χ0) is 21.0. The zero-order valence-electron chi connectivity index (χ0n) is 16.5. The first-order valence-corrected chi connectivity index (χ1v) is 10.7. The van der Waals surface area contributed by atoms with Crippen LogP contribution in [0, 0.1) is 0 Å². The summed E-state index contributed by atoms with van der Waals surface area (Å²) in [4.78, 5) is 8.93. The molecule has 3 heterocycles. The first-order valence-electron chi connectivity index (χ1n) is 9.70. The minimum Gasteiger partial charge on any atom is -0.489 e. The lowest BCUT2D eigenvalue weighted by Gasteiger charge is -2.07. The quantitative estimate of drug-likeness (QED) is 0.292. The van der Waals surface area contributed by atoms with Crippen LogP contribution >= 0.6 is 11.8 Å². The summed E-state index contributed by atoms with van der Waals surface area (Å²) < 4.78 is 12.7. The number of anilines is 1. The Kier molecular flexibility index (Phi) is 5.28. The molecular formula is C23H19N5O2S. The third-order valence-corrected chi connectivity index (χ3v) is 5.61. The fourth-order valence-corrected chi connectivity index (χ4v) is 3.91. The summed E-state index contributed by atoms with van der Waals surface area (Å²) in [5.41, 5.74) is 9.02. The molecule has 0 aliphatic carbocycles. The van der Waals surface area contributed by atoms with Crippen LogP contribution in [0.15, 0.2) is 88.5 Å². The molecule has 0 spiro atoms. The predicted molar refractivity (Wildman–Crippen MR) is 120 cm³/mol. The Labute approximate surface area is 182 Å². The Balaban J connectivity index is 1.24. The molecule has 31 heavy (non-hydrogen) atoms. The van der Waals surface area contributed by atoms with Crippen LogP contribution in [-0.4, -0.2) is 19.6 Å². The molecule has 0 saturated carbocycles. The van der Waals surface area contributed by atoms with E-state index in [-0.39, 0.29) is 5.95 Å². The SMILES string of the molecule is Nc1nc(SCc2ccc(OCc3ccccc3)cc2)cc2nc(-c3ccco3)nn12. The van der Waals surface area contributed by atoms with E-state index >= 15 is 0 Å². The van der Waals surface area contributed by atoms with Crippen molar-refractivity contribution in [2.24, 2.45) is 0 Å². The molecule has 2 aromatic carbocycles. The molecule has 5 rings (SSSR count). The maximum absolute atomic E-state index is 6.08. The Morgan fingerprint density at radius 1 is 0.935 bits per heavy atom. The average Bonchev–Trinajstić information content (AvgIpc) is 3.48. The topological polar surface area (TPSA) is 91.5 Å². The van der Waals surface area contributed by atoms with Gasteiger partial charge in [-0.15, -0.1) is 16.9 Å². The second-order valence-corrected chi connectivity index (χ2v) is 7.84. The van der Waals surface area contributed by atoms with Crippen molar-refractivity contribution in [2.75, 3.05) is 5.73 Å². The van der Waals surface area contributed by atoms with Crippen molar-refractivity contribution in [3.05, 3.63) is 90.2 Å². The van der Waals surface area contributed by atoms with Gasteiger partial charge in [0.25, 0.3) is 0 Å². The van der Waals surface area contributed by atoms with Crippen molar-refractivity contribution in [1.82, 2.24) is 19.6 Å². The van der Waals surface area contributed by atoms with E-state index < -0.39 is 0 Å². The van der Waals surface area contributed by atoms with E-state index in [0.29, 0.717) is 23.8 Å². The van der Waals surface area contributed by atoms with Crippen LogP contribution in [0.3, 0.4) is 0 Å². The van der Waals surface area contributed by atoms with E-state index in [0.717, 1.165) is 27.7 Å². The average molecular weight is 430 g/mol. The van der Waals surface area contributed by atoms with Gasteiger partial charge in [-0.2, -0.15) is 4.52 Å². The number of furan rings is 1. The number of nitrogen functional groups attached to an aromatic ring is 1. The maximum atomic E-state index is 6.08. The Hall–Kier alpha value is -3.78. The van der Waals surface area contributed by atoms with Gasteiger partial charge in [-0.3, -0.25) is 0 Å². The van der Waals surface area contributed by atoms with Crippen LogP contribution in [0.5, 0.6) is 5.75 Å². The maximum Gasteiger partial charge on any atom is 0.224 e. The number of aromatic nitrogens is 4. The van der Waals surface area contributed by atoms with Gasteiger partial charge < -0.3 is 14.9 Å². The van der Waals surface area contributed by atoms with Gasteiger partial charge >= 0.3 is 0 Å². The van der Waals surface area contributed by atoms with Gasteiger partial charge in [0.2, 0.25) is 11.8 Å². The summed E-state index contributed by atoms with van der Waals surface area (Å²) in [6.07, 6.45) is 1.59. The molecule has 0 bridgehead atoms. The highest BCUT2D eigenvalue weighted by Gasteiger charge is 2.13. The molecule has 154 valence electrons. The van der Waals surface area contributed by atoms with Crippen LogP contribution in [0.2, 0.25) is 0 Å². The van der Waals surface area contributed by atoms with Crippen LogP contribution in [-0.2, 0) is 12.4 Å². The summed E-state index contributed by atoms with van der Waals surface area (Å²) in [6, 6.07) is 23.7. The molecule has 0 saturated heterocycles. The minimum absolute atomic E-state index is 0.287. The second kappa shape index (κ2) is 8.53. The van der Waals surface area contributed by atoms with Crippen molar-refractivity contribution < 1.29 is 9.15 Å². The highest BCUT2D eigenvalue weighted by Crippen LogP contribution is 2.26. The van der Waals surface area contributed by atoms with Crippen molar-refractivity contribution >= 4 is 23.4 Å². The van der Waals surface area contributed by atoms with Gasteiger partial charge in [0.15, 0.2) is 11.4 Å². The molecule has 0 unspecified atom stereocenters. The molecule has 0 fully saturated rings. The van der Waals surface area contributed by atoms with E-state index in [9.17, 15) is 0 Å². The number of thioether (sulfide) groups is 1. The second-order valence-electron chi connectivity index (χ2n) is 6.84. The number of hydrogen-bond donors (Lipinski definition) is 1. The Morgan fingerprint density at radius 3 is 2.55 bits per heavy atom. The fraction of sp³-hybridized carbons (Fsp3) is 0.0870. The summed E-state index contributed by atoms with van der Waals surface area (Å²) in [7, 11) is 0. The molecule has 0 atom stereocenters. The first kappa shape index (κ1) is 19.2. The summed E-state index contributed by atoms with van der Waals surface area (Å²) in [6.45, 7) is 0.552. The third kappa shape index (κ3) is 4.39. The molecule has 0 amide bonds. The molecule has 0 aliphatic heterocycles. The summed E-state index contributed by atoms with van der Waals surface area (Å²) >= 11 is 1.59. The number of hydrogen-bond acceptors (Lipinski definition) is 7. The van der Waals surface area contributed by atoms with E-state index in [2.05, 4.69) is 27.2 Å². The number of fused-ring (bicyclic) bond motifs is 1. The highest BCUT2D eigenvalue weighted by atomic mass is 32.2. The molecule has 7 nitrogen and oxygen atoms in total. The van der Waals surface area contributed by atoms with Crippen molar-refractivity contribution in [1.29, 1.82) is 0 Å². The van der Waals surface area contributed by atoms with E-state index in [4.69, 9.17) is 14.9 Å². The number of benzene rings is 2. The van der Waals surface area contributed by atoms with Gasteiger partial charge in [-0.1, -0.05) is 42.5 Å². The standard InChI is InChI=1S/C23H19N5O2S/c24-23-26-21(13-20-25-22(27-28(20)23)19-7-4-12-29-19)31-15-17-8-10-18(11-9-17)30-14-16-5-2-1-3-6-16/h1-13H,14-15H2,(H2,24,26). The lowest BCUT2D eigenvalue weighted by atomic mass is 10.2. The molecule has 3 aromatic heterocycles. The van der Waals surface area contributed by atoms with E-state index in [1.165, 1.54) is 4.52 Å². The van der Waals surface area contributed by atoms with Crippen molar-refractivity contribution in [2.45, 2.75) is 17.4 Å². The summed E-state index contributed by atoms with van der Waals surface area (Å²) in [5.74, 6) is 2.95. The molecule has 0 radical (unpaired) electrons. The van der Waals surface area contributed by atoms with Crippen LogP contribution in [0.4, 0.5) is 5.95 Å². The number of ether oxygens (including phenoxy) is 1. The minimum atomic E-state index is 0.287. The third-order valence-electron chi connectivity index (χ3n) is 4.63. The molecule has 2 N–H and O–H groups in total. The largest absolute Gasteiger partial charge is 0.489 e. The van der Waals surface area contributed by atoms with Gasteiger partial charge in [-0.25, -0.2) is 9.97 Å². The van der Waals surface area contributed by atoms with Gasteiger partial charge in [0, 0.05) is 11.8 Å². The lowest BCUT2D eigenvalue weighted by molar-refractivity contribution is 0.306. The van der Waals surface area contributed by atoms with Crippen molar-refractivity contribution in [3.8, 4) is 17.3 Å². The normalized spacial score (nSPS) is 11.1. The van der Waals surface area contributed by atoms with Crippen LogP contribution in [0.1, 0.15) is 11.1 Å². The molecule has 0 aliphatic rings. The molecule has 5 aromatic rings. The van der Waals surface area contributed by atoms with Crippen LogP contribution < -0.4 is 10.5 Å². The van der Waals surface area contributed by atoms with Crippen molar-refractivity contribution in [3.63, 3.8) is 0 Å². The molecular weight excluding hydrogens is 410 g/mol. The van der Waals surface area contributed by atoms with Gasteiger partial charge in [0.1, 0.15) is 17.4 Å². The van der Waals surface area contributed by atoms with Gasteiger partial charge in [0.05, 0.1) is 6.26 Å². The number of nitrogens with zero attached hydrogens (tertiary/aromatic N) is 4. The fourth-order valence-electron chi connectivity index (χ4n) is 3.05. The van der Waals surface area contributed by atoms with E-state index in [1.807, 2.05) is 48.5 Å². The van der Waals surface area contributed by atoms with Gasteiger partial charge in [-0.05, 0) is 35.4 Å². The molecule has 8 heteroatoms. The summed E-state index contributed by atoms with van der Waals surface area (Å²) in [5, 5.41) is 5.15. The number of nitrogens with two attached hydrogens (primary N) is 1. The Bertz CT molecular complexity index is 1290.